The first kappa shape index (κ1) is 15.6. The van der Waals surface area contributed by atoms with E-state index in [9.17, 15) is 4.79 Å². The molecule has 0 radical (unpaired) electrons. The zero-order chi connectivity index (χ0) is 16.9. The lowest BCUT2D eigenvalue weighted by atomic mass is 10.2. The highest BCUT2D eigenvalue weighted by atomic mass is 16.5. The average molecular weight is 325 g/mol. The van der Waals surface area contributed by atoms with E-state index in [2.05, 4.69) is 20.2 Å². The summed E-state index contributed by atoms with van der Waals surface area (Å²) in [5.41, 5.74) is 1.18. The number of carbonyl (C=O) groups excluding carboxylic acids is 1. The van der Waals surface area contributed by atoms with Crippen LogP contribution in [0.25, 0.3) is 11.5 Å². The van der Waals surface area contributed by atoms with Gasteiger partial charge in [0.15, 0.2) is 0 Å². The van der Waals surface area contributed by atoms with Gasteiger partial charge in [-0.2, -0.15) is 0 Å². The zero-order valence-corrected chi connectivity index (χ0v) is 13.2. The number of rotatable bonds is 5. The molecule has 0 N–H and O–H groups in total. The molecular weight excluding hydrogens is 310 g/mol. The Hall–Kier alpha value is -3.29. The molecule has 0 saturated heterocycles. The first-order chi connectivity index (χ1) is 11.7. The third kappa shape index (κ3) is 3.37. The van der Waals surface area contributed by atoms with E-state index in [1.54, 1.807) is 7.05 Å². The van der Waals surface area contributed by atoms with Crippen LogP contribution in [-0.4, -0.2) is 45.1 Å². The third-order valence-corrected chi connectivity index (χ3v) is 3.26. The van der Waals surface area contributed by atoms with Gasteiger partial charge < -0.3 is 14.1 Å². The topological polar surface area (TPSA) is 94.2 Å². The van der Waals surface area contributed by atoms with Crippen molar-refractivity contribution in [2.45, 2.75) is 6.54 Å². The number of amides is 1. The van der Waals surface area contributed by atoms with E-state index in [1.807, 2.05) is 30.3 Å². The van der Waals surface area contributed by atoms with E-state index >= 15 is 0 Å². The minimum atomic E-state index is -0.253. The molecule has 0 aliphatic rings. The fourth-order valence-corrected chi connectivity index (χ4v) is 2.04. The Morgan fingerprint density at radius 1 is 1.17 bits per heavy atom. The Bertz CT molecular complexity index is 817. The van der Waals surface area contributed by atoms with Gasteiger partial charge in [0.25, 0.3) is 5.91 Å². The third-order valence-electron chi connectivity index (χ3n) is 3.26. The summed E-state index contributed by atoms with van der Waals surface area (Å²) in [6.45, 7) is 0.185. The van der Waals surface area contributed by atoms with Gasteiger partial charge in [0.05, 0.1) is 19.2 Å². The normalized spacial score (nSPS) is 10.4. The molecule has 0 saturated carbocycles. The zero-order valence-electron chi connectivity index (χ0n) is 13.2. The van der Waals surface area contributed by atoms with E-state index in [1.165, 1.54) is 24.4 Å². The maximum atomic E-state index is 12.3. The summed E-state index contributed by atoms with van der Waals surface area (Å²) in [6, 6.07) is 9.64. The summed E-state index contributed by atoms with van der Waals surface area (Å²) in [4.78, 5) is 21.6. The number of benzene rings is 1. The molecule has 2 aromatic heterocycles. The number of nitrogens with zero attached hydrogens (tertiary/aromatic N) is 5. The summed E-state index contributed by atoms with van der Waals surface area (Å²) in [7, 11) is 3.10. The highest BCUT2D eigenvalue weighted by molar-refractivity contribution is 5.93. The van der Waals surface area contributed by atoms with Crippen LogP contribution in [0.4, 0.5) is 0 Å². The van der Waals surface area contributed by atoms with E-state index < -0.39 is 0 Å². The summed E-state index contributed by atoms with van der Waals surface area (Å²) >= 11 is 0. The Morgan fingerprint density at radius 3 is 2.54 bits per heavy atom. The number of hydrogen-bond acceptors (Lipinski definition) is 7. The van der Waals surface area contributed by atoms with Gasteiger partial charge in [-0.05, 0) is 12.1 Å². The van der Waals surface area contributed by atoms with Crippen LogP contribution >= 0.6 is 0 Å². The molecular formula is C16H15N5O3. The Kier molecular flexibility index (Phi) is 4.46. The van der Waals surface area contributed by atoms with Gasteiger partial charge in [-0.25, -0.2) is 9.97 Å². The van der Waals surface area contributed by atoms with Gasteiger partial charge in [0.2, 0.25) is 11.8 Å². The summed E-state index contributed by atoms with van der Waals surface area (Å²) in [5, 5.41) is 7.97. The van der Waals surface area contributed by atoms with Gasteiger partial charge in [0.1, 0.15) is 0 Å². The molecule has 0 fully saturated rings. The van der Waals surface area contributed by atoms with Crippen LogP contribution in [0.1, 0.15) is 16.2 Å². The predicted octanol–water partition coefficient (Wildman–Crippen LogP) is 1.81. The number of hydrogen-bond donors (Lipinski definition) is 0. The fraction of sp³-hybridized carbons (Fsp3) is 0.188. The van der Waals surface area contributed by atoms with Crippen LogP contribution in [0.3, 0.4) is 0 Å². The van der Waals surface area contributed by atoms with Crippen LogP contribution in [0.5, 0.6) is 6.01 Å². The lowest BCUT2D eigenvalue weighted by Gasteiger charge is -2.14. The molecule has 3 aromatic rings. The molecule has 0 atom stereocenters. The van der Waals surface area contributed by atoms with E-state index in [4.69, 9.17) is 9.15 Å². The van der Waals surface area contributed by atoms with E-state index in [0.29, 0.717) is 17.3 Å². The minimum Gasteiger partial charge on any atom is -0.467 e. The van der Waals surface area contributed by atoms with Crippen molar-refractivity contribution in [1.82, 2.24) is 25.1 Å². The van der Waals surface area contributed by atoms with Crippen LogP contribution in [0.2, 0.25) is 0 Å². The van der Waals surface area contributed by atoms with Crippen molar-refractivity contribution in [3.05, 3.63) is 54.2 Å². The number of aromatic nitrogens is 4. The smallest absolute Gasteiger partial charge is 0.316 e. The quantitative estimate of drug-likeness (QED) is 0.706. The Balaban J connectivity index is 1.69. The first-order valence-corrected chi connectivity index (χ1v) is 7.16. The molecule has 24 heavy (non-hydrogen) atoms. The maximum Gasteiger partial charge on any atom is 0.316 e. The van der Waals surface area contributed by atoms with Crippen molar-refractivity contribution >= 4 is 5.91 Å². The minimum absolute atomic E-state index is 0.185. The van der Waals surface area contributed by atoms with Gasteiger partial charge >= 0.3 is 6.01 Å². The standard InChI is InChI=1S/C16H15N5O3/c1-21(15(22)12-8-17-16(23-2)18-9-12)10-13-19-20-14(24-13)11-6-4-3-5-7-11/h3-9H,10H2,1-2H3. The van der Waals surface area contributed by atoms with Gasteiger partial charge in [-0.3, -0.25) is 4.79 Å². The van der Waals surface area contributed by atoms with Gasteiger partial charge in [0, 0.05) is 25.0 Å². The molecule has 1 aromatic carbocycles. The second kappa shape index (κ2) is 6.86. The largest absolute Gasteiger partial charge is 0.467 e. The van der Waals surface area contributed by atoms with Crippen molar-refractivity contribution in [1.29, 1.82) is 0 Å². The van der Waals surface area contributed by atoms with Crippen LogP contribution in [0.15, 0.2) is 47.1 Å². The highest BCUT2D eigenvalue weighted by Crippen LogP contribution is 2.17. The Labute approximate surface area is 138 Å². The Morgan fingerprint density at radius 2 is 1.88 bits per heavy atom. The summed E-state index contributed by atoms with van der Waals surface area (Å²) in [5.74, 6) is 0.510. The average Bonchev–Trinajstić information content (AvgIpc) is 3.10. The van der Waals surface area contributed by atoms with Gasteiger partial charge in [-0.1, -0.05) is 18.2 Å². The van der Waals surface area contributed by atoms with Crippen molar-refractivity contribution < 1.29 is 13.9 Å². The van der Waals surface area contributed by atoms with Crippen molar-refractivity contribution in [3.63, 3.8) is 0 Å². The number of carbonyl (C=O) groups is 1. The van der Waals surface area contributed by atoms with Crippen molar-refractivity contribution in [2.24, 2.45) is 0 Å². The molecule has 0 aliphatic heterocycles. The fourth-order valence-electron chi connectivity index (χ4n) is 2.04. The van der Waals surface area contributed by atoms with E-state index in [0.717, 1.165) is 5.56 Å². The monoisotopic (exact) mass is 325 g/mol. The molecule has 0 spiro atoms. The van der Waals surface area contributed by atoms with Gasteiger partial charge in [-0.15, -0.1) is 10.2 Å². The predicted molar refractivity (Wildman–Crippen MR) is 84.1 cm³/mol. The second-order valence-electron chi connectivity index (χ2n) is 4.99. The first-order valence-electron chi connectivity index (χ1n) is 7.16. The second-order valence-corrected chi connectivity index (χ2v) is 4.99. The molecule has 2 heterocycles. The van der Waals surface area contributed by atoms with Crippen molar-refractivity contribution in [2.75, 3.05) is 14.2 Å². The molecule has 8 heteroatoms. The molecule has 0 aliphatic carbocycles. The number of ether oxygens (including phenoxy) is 1. The van der Waals surface area contributed by atoms with Crippen LogP contribution < -0.4 is 4.74 Å². The SMILES string of the molecule is COc1ncc(C(=O)N(C)Cc2nnc(-c3ccccc3)o2)cn1. The lowest BCUT2D eigenvalue weighted by Crippen LogP contribution is -2.26. The summed E-state index contributed by atoms with van der Waals surface area (Å²) < 4.78 is 10.5. The van der Waals surface area contributed by atoms with Crippen LogP contribution in [-0.2, 0) is 6.54 Å². The molecule has 0 bridgehead atoms. The summed E-state index contributed by atoms with van der Waals surface area (Å²) in [6.07, 6.45) is 2.82. The lowest BCUT2D eigenvalue weighted by molar-refractivity contribution is 0.0772. The molecule has 1 amide bonds. The molecule has 3 rings (SSSR count). The van der Waals surface area contributed by atoms with E-state index in [-0.39, 0.29) is 18.5 Å². The van der Waals surface area contributed by atoms with Crippen molar-refractivity contribution in [3.8, 4) is 17.5 Å². The van der Waals surface area contributed by atoms with Crippen LogP contribution in [0, 0.1) is 0 Å². The molecule has 0 unspecified atom stereocenters. The maximum absolute atomic E-state index is 12.3. The molecule has 8 nitrogen and oxygen atoms in total. The highest BCUT2D eigenvalue weighted by Gasteiger charge is 2.17. The number of methoxy groups -OCH3 is 1. The molecule has 122 valence electrons.